The Balaban J connectivity index is 1.28. The van der Waals surface area contributed by atoms with Gasteiger partial charge in [0.1, 0.15) is 0 Å². The Hall–Kier alpha value is -2.06. The molecule has 0 aromatic carbocycles. The highest BCUT2D eigenvalue weighted by Crippen LogP contribution is 2.17. The van der Waals surface area contributed by atoms with Gasteiger partial charge in [-0.25, -0.2) is 0 Å². The van der Waals surface area contributed by atoms with Crippen molar-refractivity contribution in [1.82, 2.24) is 15.5 Å². The van der Waals surface area contributed by atoms with Crippen LogP contribution in [-0.2, 0) is 9.47 Å². The van der Waals surface area contributed by atoms with E-state index in [1.807, 2.05) is 14.0 Å². The van der Waals surface area contributed by atoms with Crippen molar-refractivity contribution in [2.45, 2.75) is 51.2 Å². The summed E-state index contributed by atoms with van der Waals surface area (Å²) in [7, 11) is 1.81. The molecule has 1 aromatic rings. The Morgan fingerprint density at radius 3 is 2.72 bits per heavy atom. The third-order valence-corrected chi connectivity index (χ3v) is 5.49. The molecule has 8 heteroatoms. The molecule has 2 fully saturated rings. The van der Waals surface area contributed by atoms with Crippen molar-refractivity contribution in [3.05, 3.63) is 23.7 Å². The monoisotopic (exact) mass is 406 g/mol. The maximum atomic E-state index is 12.0. The maximum Gasteiger partial charge on any atom is 0.287 e. The van der Waals surface area contributed by atoms with E-state index in [-0.39, 0.29) is 5.91 Å². The quantitative estimate of drug-likeness (QED) is 0.390. The van der Waals surface area contributed by atoms with E-state index < -0.39 is 0 Å². The van der Waals surface area contributed by atoms with Gasteiger partial charge in [0, 0.05) is 45.4 Å². The zero-order valence-electron chi connectivity index (χ0n) is 17.6. The number of piperidine rings is 1. The second-order valence-corrected chi connectivity index (χ2v) is 7.67. The molecule has 1 amide bonds. The van der Waals surface area contributed by atoms with Crippen LogP contribution in [-0.4, -0.2) is 75.4 Å². The van der Waals surface area contributed by atoms with Gasteiger partial charge in [-0.1, -0.05) is 0 Å². The SMILES string of the molecule is CN=C(NCCCNC(=O)c1occc1C)N1CCC(OCC2CCCO2)CC1. The van der Waals surface area contributed by atoms with Gasteiger partial charge in [-0.15, -0.1) is 0 Å². The molecule has 8 nitrogen and oxygen atoms in total. The number of amides is 1. The molecule has 0 spiro atoms. The first kappa shape index (κ1) is 21.6. The predicted molar refractivity (Wildman–Crippen MR) is 111 cm³/mol. The lowest BCUT2D eigenvalue weighted by Crippen LogP contribution is -2.47. The van der Waals surface area contributed by atoms with Crippen LogP contribution < -0.4 is 10.6 Å². The molecule has 1 aromatic heterocycles. The summed E-state index contributed by atoms with van der Waals surface area (Å²) in [5.74, 6) is 1.14. The molecular formula is C21H34N4O4. The molecule has 0 saturated carbocycles. The molecule has 1 atom stereocenters. The van der Waals surface area contributed by atoms with Crippen molar-refractivity contribution in [2.24, 2.45) is 4.99 Å². The van der Waals surface area contributed by atoms with Gasteiger partial charge >= 0.3 is 0 Å². The topological polar surface area (TPSA) is 88.3 Å². The minimum atomic E-state index is -0.165. The minimum absolute atomic E-state index is 0.165. The molecule has 2 N–H and O–H groups in total. The van der Waals surface area contributed by atoms with E-state index in [1.165, 1.54) is 6.26 Å². The minimum Gasteiger partial charge on any atom is -0.459 e. The molecule has 162 valence electrons. The Bertz CT molecular complexity index is 661. The first-order valence-electron chi connectivity index (χ1n) is 10.7. The third-order valence-electron chi connectivity index (χ3n) is 5.49. The Labute approximate surface area is 173 Å². The van der Waals surface area contributed by atoms with Gasteiger partial charge in [-0.3, -0.25) is 9.79 Å². The summed E-state index contributed by atoms with van der Waals surface area (Å²) in [6.45, 7) is 6.67. The van der Waals surface area contributed by atoms with Crippen LogP contribution in [0.15, 0.2) is 21.7 Å². The first-order valence-corrected chi connectivity index (χ1v) is 10.7. The van der Waals surface area contributed by atoms with Gasteiger partial charge in [-0.2, -0.15) is 0 Å². The first-order chi connectivity index (χ1) is 14.2. The highest BCUT2D eigenvalue weighted by Gasteiger charge is 2.24. The zero-order chi connectivity index (χ0) is 20.5. The van der Waals surface area contributed by atoms with Crippen molar-refractivity contribution >= 4 is 11.9 Å². The van der Waals surface area contributed by atoms with Crippen LogP contribution in [0, 0.1) is 6.92 Å². The summed E-state index contributed by atoms with van der Waals surface area (Å²) in [5, 5.41) is 6.28. The lowest BCUT2D eigenvalue weighted by atomic mass is 10.1. The van der Waals surface area contributed by atoms with Crippen LogP contribution in [0.5, 0.6) is 0 Å². The highest BCUT2D eigenvalue weighted by molar-refractivity contribution is 5.92. The van der Waals surface area contributed by atoms with E-state index in [9.17, 15) is 4.79 Å². The molecule has 1 unspecified atom stereocenters. The summed E-state index contributed by atoms with van der Waals surface area (Å²) < 4.78 is 16.9. The van der Waals surface area contributed by atoms with Crippen LogP contribution in [0.4, 0.5) is 0 Å². The molecule has 0 aliphatic carbocycles. The lowest BCUT2D eigenvalue weighted by molar-refractivity contribution is -0.0367. The number of aliphatic imine (C=N–C) groups is 1. The van der Waals surface area contributed by atoms with Gasteiger partial charge in [0.25, 0.3) is 5.91 Å². The van der Waals surface area contributed by atoms with Gasteiger partial charge in [0.05, 0.1) is 25.1 Å². The van der Waals surface area contributed by atoms with Crippen molar-refractivity contribution in [3.8, 4) is 0 Å². The van der Waals surface area contributed by atoms with E-state index in [4.69, 9.17) is 13.9 Å². The van der Waals surface area contributed by atoms with E-state index >= 15 is 0 Å². The average molecular weight is 407 g/mol. The largest absolute Gasteiger partial charge is 0.459 e. The molecule has 0 radical (unpaired) electrons. The summed E-state index contributed by atoms with van der Waals surface area (Å²) in [6, 6.07) is 1.79. The second kappa shape index (κ2) is 11.2. The second-order valence-electron chi connectivity index (χ2n) is 7.67. The fraction of sp³-hybridized carbons (Fsp3) is 0.714. The fourth-order valence-corrected chi connectivity index (χ4v) is 3.76. The van der Waals surface area contributed by atoms with Crippen molar-refractivity contribution in [2.75, 3.05) is 46.4 Å². The Kier molecular flexibility index (Phi) is 8.37. The summed E-state index contributed by atoms with van der Waals surface area (Å²) in [6.07, 6.45) is 7.24. The zero-order valence-corrected chi connectivity index (χ0v) is 17.6. The Morgan fingerprint density at radius 1 is 1.28 bits per heavy atom. The highest BCUT2D eigenvalue weighted by atomic mass is 16.5. The summed E-state index contributed by atoms with van der Waals surface area (Å²) >= 11 is 0. The number of carbonyl (C=O) groups is 1. The van der Waals surface area contributed by atoms with Crippen molar-refractivity contribution in [1.29, 1.82) is 0 Å². The van der Waals surface area contributed by atoms with Gasteiger partial charge in [-0.05, 0) is 45.1 Å². The molecule has 2 aliphatic rings. The Morgan fingerprint density at radius 2 is 2.07 bits per heavy atom. The number of aryl methyl sites for hydroxylation is 1. The van der Waals surface area contributed by atoms with Gasteiger partial charge < -0.3 is 29.4 Å². The van der Waals surface area contributed by atoms with Crippen LogP contribution in [0.2, 0.25) is 0 Å². The van der Waals surface area contributed by atoms with Crippen molar-refractivity contribution < 1.29 is 18.7 Å². The maximum absolute atomic E-state index is 12.0. The molecule has 29 heavy (non-hydrogen) atoms. The fourth-order valence-electron chi connectivity index (χ4n) is 3.76. The van der Waals surface area contributed by atoms with Crippen LogP contribution in [0.1, 0.15) is 48.2 Å². The van der Waals surface area contributed by atoms with E-state index in [0.29, 0.717) is 24.5 Å². The van der Waals surface area contributed by atoms with Crippen LogP contribution in [0.25, 0.3) is 0 Å². The number of furan rings is 1. The number of guanidine groups is 1. The standard InChI is InChI=1S/C21H34N4O4/c1-16-8-14-28-19(16)20(26)23-9-4-10-24-21(22-2)25-11-6-17(7-12-25)29-15-18-5-3-13-27-18/h8,14,17-18H,3-7,9-13,15H2,1-2H3,(H,22,24)(H,23,26). The predicted octanol–water partition coefficient (Wildman–Crippen LogP) is 1.94. The number of rotatable bonds is 8. The van der Waals surface area contributed by atoms with Crippen LogP contribution in [0.3, 0.4) is 0 Å². The smallest absolute Gasteiger partial charge is 0.287 e. The molecule has 3 rings (SSSR count). The molecule has 0 bridgehead atoms. The van der Waals surface area contributed by atoms with Gasteiger partial charge in [0.15, 0.2) is 11.7 Å². The molecular weight excluding hydrogens is 372 g/mol. The lowest BCUT2D eigenvalue weighted by Gasteiger charge is -2.34. The van der Waals surface area contributed by atoms with Gasteiger partial charge in [0.2, 0.25) is 0 Å². The number of hydrogen-bond donors (Lipinski definition) is 2. The number of nitrogens with one attached hydrogen (secondary N) is 2. The van der Waals surface area contributed by atoms with Crippen molar-refractivity contribution in [3.63, 3.8) is 0 Å². The third kappa shape index (κ3) is 6.47. The van der Waals surface area contributed by atoms with E-state index in [0.717, 1.165) is 76.5 Å². The molecule has 3 heterocycles. The number of ether oxygens (including phenoxy) is 2. The van der Waals surface area contributed by atoms with Crippen LogP contribution >= 0.6 is 0 Å². The summed E-state index contributed by atoms with van der Waals surface area (Å²) in [5.41, 5.74) is 0.851. The number of carbonyl (C=O) groups excluding carboxylic acids is 1. The molecule has 2 aliphatic heterocycles. The molecule has 2 saturated heterocycles. The number of nitrogens with zero attached hydrogens (tertiary/aromatic N) is 2. The van der Waals surface area contributed by atoms with E-state index in [2.05, 4.69) is 20.5 Å². The average Bonchev–Trinajstić information content (AvgIpc) is 3.41. The van der Waals surface area contributed by atoms with E-state index in [1.54, 1.807) is 6.07 Å². The summed E-state index contributed by atoms with van der Waals surface area (Å²) in [4.78, 5) is 18.7. The number of likely N-dealkylation sites (tertiary alicyclic amines) is 1. The normalized spacial score (nSPS) is 20.8. The number of hydrogen-bond acceptors (Lipinski definition) is 5.